The highest BCUT2D eigenvalue weighted by atomic mass is 32.2. The quantitative estimate of drug-likeness (QED) is 0.696. The minimum absolute atomic E-state index is 0.0174. The molecule has 1 fully saturated rings. The summed E-state index contributed by atoms with van der Waals surface area (Å²) in [5, 5.41) is 9.47. The summed E-state index contributed by atoms with van der Waals surface area (Å²) in [6, 6.07) is 13.5. The molecule has 0 amide bonds. The molecule has 0 unspecified atom stereocenters. The van der Waals surface area contributed by atoms with Crippen LogP contribution in [0.25, 0.3) is 11.3 Å². The van der Waals surface area contributed by atoms with Gasteiger partial charge in [-0.05, 0) is 36.6 Å². The third-order valence-corrected chi connectivity index (χ3v) is 7.01. The second-order valence-electron chi connectivity index (χ2n) is 7.39. The van der Waals surface area contributed by atoms with Gasteiger partial charge >= 0.3 is 0 Å². The van der Waals surface area contributed by atoms with Gasteiger partial charge in [0, 0.05) is 43.5 Å². The monoisotopic (exact) mass is 412 g/mol. The van der Waals surface area contributed by atoms with Crippen molar-refractivity contribution in [3.63, 3.8) is 0 Å². The van der Waals surface area contributed by atoms with Crippen LogP contribution in [0.5, 0.6) is 0 Å². The molecule has 4 rings (SSSR count). The average molecular weight is 413 g/mol. The van der Waals surface area contributed by atoms with Crippen molar-refractivity contribution in [3.8, 4) is 11.3 Å². The number of benzene rings is 1. The lowest BCUT2D eigenvalue weighted by atomic mass is 9.95. The molecule has 7 nitrogen and oxygen atoms in total. The smallest absolute Gasteiger partial charge is 0.262 e. The van der Waals surface area contributed by atoms with E-state index < -0.39 is 10.0 Å². The fraction of sp³-hybridized carbons (Fsp3) is 0.333. The molecule has 0 radical (unpaired) electrons. The maximum atomic E-state index is 12.9. The Bertz CT molecular complexity index is 1110. The summed E-state index contributed by atoms with van der Waals surface area (Å²) in [7, 11) is -1.85. The predicted molar refractivity (Wildman–Crippen MR) is 110 cm³/mol. The molecule has 8 heteroatoms. The molecule has 1 aromatic carbocycles. The molecule has 1 aliphatic heterocycles. The number of hydrogen-bond acceptors (Lipinski definition) is 5. The Hall–Kier alpha value is -2.55. The molecular formula is C21H24N4O3S. The second kappa shape index (κ2) is 8.06. The Balaban J connectivity index is 1.59. The van der Waals surface area contributed by atoms with Crippen LogP contribution in [0.3, 0.4) is 0 Å². The zero-order valence-electron chi connectivity index (χ0n) is 16.3. The van der Waals surface area contributed by atoms with Crippen molar-refractivity contribution in [3.05, 3.63) is 66.2 Å². The first-order chi connectivity index (χ1) is 14.0. The van der Waals surface area contributed by atoms with Crippen molar-refractivity contribution >= 4 is 10.0 Å². The fourth-order valence-electron chi connectivity index (χ4n) is 3.73. The summed E-state index contributed by atoms with van der Waals surface area (Å²) in [4.78, 5) is 8.84. The van der Waals surface area contributed by atoms with E-state index in [-0.39, 0.29) is 17.6 Å². The molecule has 0 bridgehead atoms. The van der Waals surface area contributed by atoms with E-state index in [1.807, 2.05) is 42.5 Å². The summed E-state index contributed by atoms with van der Waals surface area (Å²) in [6.45, 7) is 0.871. The Kier molecular flexibility index (Phi) is 5.49. The standard InChI is InChI=1S/C21H24N4O3S/c1-24-13-21(22-15-24)29(27,28)25-10-4-7-18(12-25)20-9-3-8-19(23-20)17-6-2-5-16(11-17)14-26/h2-3,5-6,8-9,11,13,15,18,26H,4,7,10,12,14H2,1H3/t18-/m0/s1. The normalized spacial score (nSPS) is 18.1. The zero-order chi connectivity index (χ0) is 20.4. The average Bonchev–Trinajstić information content (AvgIpc) is 3.21. The minimum Gasteiger partial charge on any atom is -0.392 e. The fourth-order valence-corrected chi connectivity index (χ4v) is 5.22. The molecule has 1 N–H and O–H groups in total. The van der Waals surface area contributed by atoms with Crippen molar-refractivity contribution < 1.29 is 13.5 Å². The van der Waals surface area contributed by atoms with Gasteiger partial charge in [-0.2, -0.15) is 4.31 Å². The van der Waals surface area contributed by atoms with E-state index in [2.05, 4.69) is 4.98 Å². The maximum Gasteiger partial charge on any atom is 0.262 e. The number of hydrogen-bond donors (Lipinski definition) is 1. The lowest BCUT2D eigenvalue weighted by Crippen LogP contribution is -2.39. The van der Waals surface area contributed by atoms with E-state index in [0.717, 1.165) is 35.4 Å². The Morgan fingerprint density at radius 2 is 2.03 bits per heavy atom. The maximum absolute atomic E-state index is 12.9. The number of nitrogens with zero attached hydrogens (tertiary/aromatic N) is 4. The van der Waals surface area contributed by atoms with Gasteiger partial charge in [0.1, 0.15) is 0 Å². The highest BCUT2D eigenvalue weighted by Gasteiger charge is 2.32. The Morgan fingerprint density at radius 1 is 1.21 bits per heavy atom. The highest BCUT2D eigenvalue weighted by Crippen LogP contribution is 2.30. The van der Waals surface area contributed by atoms with Crippen molar-refractivity contribution in [1.29, 1.82) is 0 Å². The molecule has 1 saturated heterocycles. The van der Waals surface area contributed by atoms with Gasteiger partial charge in [0.05, 0.1) is 18.6 Å². The SMILES string of the molecule is Cn1cnc(S(=O)(=O)N2CCC[C@H](c3cccc(-c4cccc(CO)c4)n3)C2)c1. The number of aromatic nitrogens is 3. The van der Waals surface area contributed by atoms with E-state index >= 15 is 0 Å². The summed E-state index contributed by atoms with van der Waals surface area (Å²) in [6.07, 6.45) is 4.70. The lowest BCUT2D eigenvalue weighted by molar-refractivity contribution is 0.282. The molecule has 29 heavy (non-hydrogen) atoms. The number of aliphatic hydroxyl groups is 1. The van der Waals surface area contributed by atoms with Gasteiger partial charge in [-0.3, -0.25) is 4.98 Å². The molecule has 0 saturated carbocycles. The summed E-state index contributed by atoms with van der Waals surface area (Å²) < 4.78 is 29.0. The van der Waals surface area contributed by atoms with Gasteiger partial charge in [-0.15, -0.1) is 0 Å². The van der Waals surface area contributed by atoms with Crippen LogP contribution < -0.4 is 0 Å². The molecule has 152 valence electrons. The van der Waals surface area contributed by atoms with Gasteiger partial charge in [0.2, 0.25) is 0 Å². The molecule has 2 aromatic heterocycles. The molecule has 1 atom stereocenters. The highest BCUT2D eigenvalue weighted by molar-refractivity contribution is 7.89. The number of pyridine rings is 1. The van der Waals surface area contributed by atoms with Crippen LogP contribution in [0.15, 0.2) is 60.0 Å². The summed E-state index contributed by atoms with van der Waals surface area (Å²) in [5.41, 5.74) is 3.48. The van der Waals surface area contributed by atoms with Crippen LogP contribution in [-0.2, 0) is 23.7 Å². The minimum atomic E-state index is -3.61. The van der Waals surface area contributed by atoms with Crippen molar-refractivity contribution in [2.24, 2.45) is 7.05 Å². The first kappa shape index (κ1) is 19.8. The van der Waals surface area contributed by atoms with Gasteiger partial charge in [-0.25, -0.2) is 13.4 Å². The van der Waals surface area contributed by atoms with E-state index in [1.54, 1.807) is 11.6 Å². The first-order valence-corrected chi connectivity index (χ1v) is 11.1. The number of sulfonamides is 1. The van der Waals surface area contributed by atoms with E-state index in [4.69, 9.17) is 4.98 Å². The topological polar surface area (TPSA) is 88.3 Å². The molecule has 0 aliphatic carbocycles. The number of aryl methyl sites for hydroxylation is 1. The van der Waals surface area contributed by atoms with Gasteiger partial charge < -0.3 is 9.67 Å². The zero-order valence-corrected chi connectivity index (χ0v) is 17.1. The van der Waals surface area contributed by atoms with Gasteiger partial charge in [0.25, 0.3) is 10.0 Å². The van der Waals surface area contributed by atoms with Crippen LogP contribution in [0.2, 0.25) is 0 Å². The van der Waals surface area contributed by atoms with E-state index in [0.29, 0.717) is 13.1 Å². The van der Waals surface area contributed by atoms with Crippen molar-refractivity contribution in [2.45, 2.75) is 30.4 Å². The molecule has 3 aromatic rings. The van der Waals surface area contributed by atoms with Crippen LogP contribution in [0.4, 0.5) is 0 Å². The van der Waals surface area contributed by atoms with Crippen LogP contribution in [0, 0.1) is 0 Å². The summed E-state index contributed by atoms with van der Waals surface area (Å²) >= 11 is 0. The second-order valence-corrected chi connectivity index (χ2v) is 9.27. The molecule has 3 heterocycles. The number of piperidine rings is 1. The predicted octanol–water partition coefficient (Wildman–Crippen LogP) is 2.54. The number of imidazole rings is 1. The first-order valence-electron chi connectivity index (χ1n) is 9.62. The number of aliphatic hydroxyl groups excluding tert-OH is 1. The van der Waals surface area contributed by atoms with Crippen LogP contribution in [-0.4, -0.2) is 45.5 Å². The Labute approximate surface area is 170 Å². The van der Waals surface area contributed by atoms with Crippen LogP contribution >= 0.6 is 0 Å². The molecule has 0 spiro atoms. The lowest BCUT2D eigenvalue weighted by Gasteiger charge is -2.31. The number of rotatable bonds is 5. The molecule has 1 aliphatic rings. The molecular weight excluding hydrogens is 388 g/mol. The van der Waals surface area contributed by atoms with Crippen LogP contribution in [0.1, 0.15) is 30.0 Å². The summed E-state index contributed by atoms with van der Waals surface area (Å²) in [5.74, 6) is 0.0308. The third kappa shape index (κ3) is 4.10. The van der Waals surface area contributed by atoms with Gasteiger partial charge in [0.15, 0.2) is 5.03 Å². The Morgan fingerprint density at radius 3 is 2.79 bits per heavy atom. The van der Waals surface area contributed by atoms with Crippen molar-refractivity contribution in [2.75, 3.05) is 13.1 Å². The van der Waals surface area contributed by atoms with Gasteiger partial charge in [-0.1, -0.05) is 24.3 Å². The third-order valence-electron chi connectivity index (χ3n) is 5.26. The van der Waals surface area contributed by atoms with E-state index in [1.165, 1.54) is 16.8 Å². The largest absolute Gasteiger partial charge is 0.392 e. The van der Waals surface area contributed by atoms with Crippen molar-refractivity contribution in [1.82, 2.24) is 18.8 Å². The van der Waals surface area contributed by atoms with E-state index in [9.17, 15) is 13.5 Å².